The second kappa shape index (κ2) is 54.7. The quantitative estimate of drug-likeness (QED) is 0.0199. The van der Waals surface area contributed by atoms with Gasteiger partial charge in [0.1, 0.15) is 13.2 Å². The molecule has 1 atom stereocenters. The van der Waals surface area contributed by atoms with E-state index in [0.717, 1.165) is 77.0 Å². The highest BCUT2D eigenvalue weighted by molar-refractivity contribution is 5.71. The van der Waals surface area contributed by atoms with Crippen LogP contribution in [0.25, 0.3) is 0 Å². The Kier molecular flexibility index (Phi) is 52.3. The van der Waals surface area contributed by atoms with E-state index in [4.69, 9.17) is 14.2 Å². The van der Waals surface area contributed by atoms with Gasteiger partial charge in [0.15, 0.2) is 6.10 Å². The third-order valence-electron chi connectivity index (χ3n) is 12.3. The van der Waals surface area contributed by atoms with E-state index in [9.17, 15) is 14.4 Å². The predicted octanol–water partition coefficient (Wildman–Crippen LogP) is 18.8. The van der Waals surface area contributed by atoms with Crippen LogP contribution in [-0.4, -0.2) is 37.2 Å². The molecule has 1 unspecified atom stereocenters. The molecule has 0 heterocycles. The van der Waals surface area contributed by atoms with E-state index in [-0.39, 0.29) is 31.1 Å². The smallest absolute Gasteiger partial charge is 0.306 e. The molecule has 0 radical (unpaired) electrons. The summed E-state index contributed by atoms with van der Waals surface area (Å²) in [5.41, 5.74) is 0. The normalized spacial score (nSPS) is 12.5. The molecular weight excluding hydrogens is 817 g/mol. The molecule has 0 fully saturated rings. The van der Waals surface area contributed by atoms with Crippen molar-refractivity contribution >= 4 is 17.9 Å². The SMILES string of the molecule is CC/C=C\C/C=C\CCCCCCCCCC(=O)OCC(COC(=O)CCCCCCCCCCCC/C=C\C=C/CCCCC)OC(=O)CCCCCCCCC/C=C\CCCCCC. The maximum atomic E-state index is 12.8. The highest BCUT2D eigenvalue weighted by atomic mass is 16.6. The summed E-state index contributed by atoms with van der Waals surface area (Å²) in [5, 5.41) is 0. The van der Waals surface area contributed by atoms with Crippen molar-refractivity contribution in [2.75, 3.05) is 13.2 Å². The van der Waals surface area contributed by atoms with E-state index in [1.165, 1.54) is 167 Å². The van der Waals surface area contributed by atoms with Crippen molar-refractivity contribution in [2.24, 2.45) is 0 Å². The summed E-state index contributed by atoms with van der Waals surface area (Å²) in [6.07, 6.45) is 67.7. The van der Waals surface area contributed by atoms with Crippen LogP contribution in [-0.2, 0) is 28.6 Å². The van der Waals surface area contributed by atoms with Gasteiger partial charge in [-0.25, -0.2) is 0 Å². The van der Waals surface area contributed by atoms with Crippen molar-refractivity contribution in [3.05, 3.63) is 60.8 Å². The van der Waals surface area contributed by atoms with E-state index in [2.05, 4.69) is 81.5 Å². The van der Waals surface area contributed by atoms with Crippen LogP contribution < -0.4 is 0 Å². The minimum Gasteiger partial charge on any atom is -0.462 e. The molecule has 0 aromatic carbocycles. The van der Waals surface area contributed by atoms with Crippen LogP contribution in [0.2, 0.25) is 0 Å². The zero-order chi connectivity index (χ0) is 47.9. The van der Waals surface area contributed by atoms with Crippen molar-refractivity contribution in [1.29, 1.82) is 0 Å². The molecule has 0 aliphatic carbocycles. The fraction of sp³-hybridized carbons (Fsp3) is 0.783. The Morgan fingerprint density at radius 1 is 0.333 bits per heavy atom. The molecular formula is C60H106O6. The predicted molar refractivity (Wildman–Crippen MR) is 284 cm³/mol. The molecule has 0 aliphatic heterocycles. The lowest BCUT2D eigenvalue weighted by Crippen LogP contribution is -2.30. The molecule has 0 aromatic heterocycles. The summed E-state index contributed by atoms with van der Waals surface area (Å²) in [6, 6.07) is 0. The summed E-state index contributed by atoms with van der Waals surface area (Å²) in [6.45, 7) is 6.50. The van der Waals surface area contributed by atoms with Crippen LogP contribution >= 0.6 is 0 Å². The monoisotopic (exact) mass is 923 g/mol. The molecule has 6 nitrogen and oxygen atoms in total. The Bertz CT molecular complexity index is 1200. The minimum atomic E-state index is -0.780. The maximum Gasteiger partial charge on any atom is 0.306 e. The van der Waals surface area contributed by atoms with Crippen LogP contribution in [0.5, 0.6) is 0 Å². The van der Waals surface area contributed by atoms with E-state index in [0.29, 0.717) is 19.3 Å². The van der Waals surface area contributed by atoms with Gasteiger partial charge in [-0.15, -0.1) is 0 Å². The summed E-state index contributed by atoms with van der Waals surface area (Å²) in [7, 11) is 0. The van der Waals surface area contributed by atoms with Gasteiger partial charge in [0.2, 0.25) is 0 Å². The topological polar surface area (TPSA) is 78.9 Å². The summed E-state index contributed by atoms with van der Waals surface area (Å²) in [4.78, 5) is 38.1. The fourth-order valence-corrected chi connectivity index (χ4v) is 8.00. The van der Waals surface area contributed by atoms with E-state index in [1.807, 2.05) is 0 Å². The number of rotatable bonds is 51. The molecule has 0 saturated heterocycles. The molecule has 0 spiro atoms. The Labute approximate surface area is 409 Å². The second-order valence-electron chi connectivity index (χ2n) is 18.8. The molecule has 382 valence electrons. The Morgan fingerprint density at radius 3 is 1.05 bits per heavy atom. The average molecular weight is 924 g/mol. The first-order chi connectivity index (χ1) is 32.5. The molecule has 66 heavy (non-hydrogen) atoms. The molecule has 0 saturated carbocycles. The Hall–Kier alpha value is -2.89. The average Bonchev–Trinajstić information content (AvgIpc) is 3.31. The molecule has 6 heteroatoms. The van der Waals surface area contributed by atoms with E-state index >= 15 is 0 Å². The lowest BCUT2D eigenvalue weighted by molar-refractivity contribution is -0.167. The first-order valence-electron chi connectivity index (χ1n) is 28.3. The van der Waals surface area contributed by atoms with Crippen LogP contribution in [0.1, 0.15) is 284 Å². The van der Waals surface area contributed by atoms with Gasteiger partial charge in [-0.1, -0.05) is 229 Å². The van der Waals surface area contributed by atoms with Crippen LogP contribution in [0.15, 0.2) is 60.8 Å². The van der Waals surface area contributed by atoms with Gasteiger partial charge in [-0.05, 0) is 96.3 Å². The minimum absolute atomic E-state index is 0.0793. The molecule has 0 aliphatic rings. The van der Waals surface area contributed by atoms with Crippen LogP contribution in [0.3, 0.4) is 0 Å². The standard InChI is InChI=1S/C60H106O6/c1-4-7-10-13-16-19-22-25-28-29-30-31-33-35-38-41-44-47-50-53-59(62)65-56-57(55-64-58(61)52-49-46-43-40-37-34-27-24-21-18-15-12-9-6-3)66-60(63)54-51-48-45-42-39-36-32-26-23-20-17-14-11-8-5-2/h9,12,16,18-23,25,57H,4-8,10-11,13-15,17,24,26-56H2,1-3H3/b12-9-,19-16-,21-18-,23-20-,25-22-. The number of esters is 3. The lowest BCUT2D eigenvalue weighted by atomic mass is 10.1. The van der Waals surface area contributed by atoms with E-state index < -0.39 is 6.10 Å². The van der Waals surface area contributed by atoms with Crippen LogP contribution in [0, 0.1) is 0 Å². The number of unbranched alkanes of at least 4 members (excludes halogenated alkanes) is 31. The lowest BCUT2D eigenvalue weighted by Gasteiger charge is -2.18. The van der Waals surface area contributed by atoms with Crippen molar-refractivity contribution in [3.8, 4) is 0 Å². The maximum absolute atomic E-state index is 12.8. The van der Waals surface area contributed by atoms with Gasteiger partial charge in [-0.3, -0.25) is 14.4 Å². The molecule has 0 rings (SSSR count). The zero-order valence-electron chi connectivity index (χ0n) is 43.7. The fourth-order valence-electron chi connectivity index (χ4n) is 8.00. The van der Waals surface area contributed by atoms with Crippen molar-refractivity contribution in [2.45, 2.75) is 290 Å². The third-order valence-corrected chi connectivity index (χ3v) is 12.3. The number of allylic oxidation sites excluding steroid dienone is 10. The van der Waals surface area contributed by atoms with Gasteiger partial charge >= 0.3 is 17.9 Å². The summed E-state index contributed by atoms with van der Waals surface area (Å²) >= 11 is 0. The second-order valence-corrected chi connectivity index (χ2v) is 18.8. The summed E-state index contributed by atoms with van der Waals surface area (Å²) in [5.74, 6) is -0.886. The van der Waals surface area contributed by atoms with Crippen molar-refractivity contribution in [1.82, 2.24) is 0 Å². The largest absolute Gasteiger partial charge is 0.462 e. The Balaban J connectivity index is 4.36. The highest BCUT2D eigenvalue weighted by Crippen LogP contribution is 2.15. The zero-order valence-corrected chi connectivity index (χ0v) is 43.7. The van der Waals surface area contributed by atoms with Gasteiger partial charge in [0, 0.05) is 19.3 Å². The number of ether oxygens (including phenoxy) is 3. The third kappa shape index (κ3) is 52.1. The van der Waals surface area contributed by atoms with Gasteiger partial charge < -0.3 is 14.2 Å². The van der Waals surface area contributed by atoms with Gasteiger partial charge in [0.05, 0.1) is 0 Å². The molecule has 0 amide bonds. The number of hydrogen-bond donors (Lipinski definition) is 0. The molecule has 0 aromatic rings. The number of carbonyl (C=O) groups is 3. The van der Waals surface area contributed by atoms with Crippen molar-refractivity contribution < 1.29 is 28.6 Å². The van der Waals surface area contributed by atoms with Gasteiger partial charge in [0.25, 0.3) is 0 Å². The van der Waals surface area contributed by atoms with Crippen LogP contribution in [0.4, 0.5) is 0 Å². The Morgan fingerprint density at radius 2 is 0.636 bits per heavy atom. The molecule has 0 N–H and O–H groups in total. The molecule has 0 bridgehead atoms. The first kappa shape index (κ1) is 63.1. The number of carbonyl (C=O) groups excluding carboxylic acids is 3. The first-order valence-corrected chi connectivity index (χ1v) is 28.3. The van der Waals surface area contributed by atoms with Crippen molar-refractivity contribution in [3.63, 3.8) is 0 Å². The van der Waals surface area contributed by atoms with E-state index in [1.54, 1.807) is 0 Å². The van der Waals surface area contributed by atoms with Gasteiger partial charge in [-0.2, -0.15) is 0 Å². The summed E-state index contributed by atoms with van der Waals surface area (Å²) < 4.78 is 16.9. The highest BCUT2D eigenvalue weighted by Gasteiger charge is 2.19. The number of hydrogen-bond acceptors (Lipinski definition) is 6.